The zero-order valence-electron chi connectivity index (χ0n) is 10.4. The van der Waals surface area contributed by atoms with Crippen molar-refractivity contribution in [3.63, 3.8) is 0 Å². The molecule has 1 aromatic rings. The van der Waals surface area contributed by atoms with Crippen molar-refractivity contribution in [2.45, 2.75) is 32.2 Å². The van der Waals surface area contributed by atoms with Gasteiger partial charge in [-0.15, -0.1) is 0 Å². The van der Waals surface area contributed by atoms with Crippen molar-refractivity contribution >= 4 is 23.4 Å². The lowest BCUT2D eigenvalue weighted by atomic mass is 9.94. The Morgan fingerprint density at radius 3 is 2.50 bits per heavy atom. The number of pyridine rings is 1. The Hall–Kier alpha value is -1.33. The molecular weight excluding hydrogens is 256 g/mol. The van der Waals surface area contributed by atoms with E-state index >= 15 is 0 Å². The van der Waals surface area contributed by atoms with Gasteiger partial charge < -0.3 is 15.5 Å². The van der Waals surface area contributed by atoms with Gasteiger partial charge in [0.2, 0.25) is 0 Å². The molecule has 6 heteroatoms. The zero-order chi connectivity index (χ0) is 13.8. The highest BCUT2D eigenvalue weighted by Gasteiger charge is 2.25. The molecule has 0 unspecified atom stereocenters. The van der Waals surface area contributed by atoms with Crippen LogP contribution in [0.1, 0.15) is 37.0 Å². The maximum absolute atomic E-state index is 10.9. The van der Waals surface area contributed by atoms with Crippen LogP contribution >= 0.6 is 11.6 Å². The van der Waals surface area contributed by atoms with Crippen molar-refractivity contribution in [2.24, 2.45) is 0 Å². The van der Waals surface area contributed by atoms with Crippen LogP contribution in [0.5, 0.6) is 0 Å². The first-order valence-electron chi connectivity index (χ1n) is 5.76. The predicted octanol–water partition coefficient (Wildman–Crippen LogP) is 2.40. The van der Waals surface area contributed by atoms with Crippen LogP contribution in [0.3, 0.4) is 0 Å². The molecule has 0 aliphatic carbocycles. The van der Waals surface area contributed by atoms with Crippen LogP contribution in [0, 0.1) is 0 Å². The van der Waals surface area contributed by atoms with E-state index in [-0.39, 0.29) is 17.3 Å². The van der Waals surface area contributed by atoms with Crippen molar-refractivity contribution in [2.75, 3.05) is 11.9 Å². The number of halogens is 1. The summed E-state index contributed by atoms with van der Waals surface area (Å²) in [5, 5.41) is 21.6. The molecule has 0 aliphatic heterocycles. The zero-order valence-corrected chi connectivity index (χ0v) is 11.2. The Kier molecular flexibility index (Phi) is 4.93. The third-order valence-electron chi connectivity index (χ3n) is 3.09. The number of aliphatic hydroxyl groups is 1. The van der Waals surface area contributed by atoms with E-state index in [1.165, 1.54) is 12.1 Å². The Balaban J connectivity index is 3.06. The lowest BCUT2D eigenvalue weighted by molar-refractivity contribution is 0.0697. The van der Waals surface area contributed by atoms with Crippen LogP contribution in [0.15, 0.2) is 12.1 Å². The number of rotatable bonds is 6. The molecule has 0 atom stereocenters. The molecule has 0 aliphatic rings. The van der Waals surface area contributed by atoms with Crippen molar-refractivity contribution in [1.29, 1.82) is 0 Å². The number of hydrogen-bond acceptors (Lipinski definition) is 4. The van der Waals surface area contributed by atoms with Crippen molar-refractivity contribution in [3.05, 3.63) is 22.8 Å². The van der Waals surface area contributed by atoms with E-state index in [1.54, 1.807) is 0 Å². The molecule has 3 N–H and O–H groups in total. The highest BCUT2D eigenvalue weighted by molar-refractivity contribution is 6.29. The molecule has 18 heavy (non-hydrogen) atoms. The minimum absolute atomic E-state index is 0.0589. The van der Waals surface area contributed by atoms with Gasteiger partial charge in [0.05, 0.1) is 17.7 Å². The van der Waals surface area contributed by atoms with E-state index in [1.807, 2.05) is 13.8 Å². The van der Waals surface area contributed by atoms with Crippen LogP contribution in [0.4, 0.5) is 5.82 Å². The monoisotopic (exact) mass is 272 g/mol. The summed E-state index contributed by atoms with van der Waals surface area (Å²) < 4.78 is 0. The third-order valence-corrected chi connectivity index (χ3v) is 3.28. The Labute approximate surface area is 111 Å². The number of hydrogen-bond donors (Lipinski definition) is 3. The van der Waals surface area contributed by atoms with Gasteiger partial charge in [-0.2, -0.15) is 0 Å². The maximum Gasteiger partial charge on any atom is 0.335 e. The number of anilines is 1. The van der Waals surface area contributed by atoms with Gasteiger partial charge in [0, 0.05) is 0 Å². The standard InChI is InChI=1S/C12H17ClN2O3/c1-3-12(4-2,7-16)15-10-6-8(11(17)18)5-9(13)14-10/h5-6,16H,3-4,7H2,1-2H3,(H,14,15)(H,17,18). The van der Waals surface area contributed by atoms with Crippen LogP contribution in [0.25, 0.3) is 0 Å². The highest BCUT2D eigenvalue weighted by Crippen LogP contribution is 2.23. The molecule has 1 rings (SSSR count). The Bertz CT molecular complexity index is 425. The number of carboxylic acids is 1. The fourth-order valence-corrected chi connectivity index (χ4v) is 1.85. The maximum atomic E-state index is 10.9. The molecule has 1 aromatic heterocycles. The van der Waals surface area contributed by atoms with E-state index in [4.69, 9.17) is 16.7 Å². The molecular formula is C12H17ClN2O3. The molecule has 0 spiro atoms. The number of carboxylic acid groups (broad SMARTS) is 1. The van der Waals surface area contributed by atoms with E-state index in [0.29, 0.717) is 18.7 Å². The second-order valence-corrected chi connectivity index (χ2v) is 4.53. The van der Waals surface area contributed by atoms with Gasteiger partial charge in [-0.1, -0.05) is 25.4 Å². The molecule has 0 saturated carbocycles. The second kappa shape index (κ2) is 6.02. The quantitative estimate of drug-likeness (QED) is 0.693. The molecule has 0 radical (unpaired) electrons. The largest absolute Gasteiger partial charge is 0.478 e. The molecule has 0 amide bonds. The lowest BCUT2D eigenvalue weighted by Gasteiger charge is -2.31. The predicted molar refractivity (Wildman–Crippen MR) is 70.2 cm³/mol. The van der Waals surface area contributed by atoms with E-state index in [9.17, 15) is 9.90 Å². The molecule has 100 valence electrons. The van der Waals surface area contributed by atoms with E-state index in [2.05, 4.69) is 10.3 Å². The molecule has 0 saturated heterocycles. The average Bonchev–Trinajstić information content (AvgIpc) is 2.35. The van der Waals surface area contributed by atoms with E-state index in [0.717, 1.165) is 0 Å². The molecule has 5 nitrogen and oxygen atoms in total. The first-order chi connectivity index (χ1) is 8.46. The lowest BCUT2D eigenvalue weighted by Crippen LogP contribution is -2.41. The average molecular weight is 273 g/mol. The summed E-state index contributed by atoms with van der Waals surface area (Å²) in [5.41, 5.74) is -0.440. The second-order valence-electron chi connectivity index (χ2n) is 4.14. The minimum Gasteiger partial charge on any atom is -0.478 e. The number of aromatic carboxylic acids is 1. The summed E-state index contributed by atoms with van der Waals surface area (Å²) in [4.78, 5) is 14.9. The first-order valence-corrected chi connectivity index (χ1v) is 6.14. The van der Waals surface area contributed by atoms with Crippen molar-refractivity contribution in [1.82, 2.24) is 4.98 Å². The van der Waals surface area contributed by atoms with Crippen molar-refractivity contribution in [3.8, 4) is 0 Å². The van der Waals surface area contributed by atoms with Crippen molar-refractivity contribution < 1.29 is 15.0 Å². The van der Waals surface area contributed by atoms with Gasteiger partial charge in [-0.05, 0) is 25.0 Å². The van der Waals surface area contributed by atoms with Gasteiger partial charge >= 0.3 is 5.97 Å². The third kappa shape index (κ3) is 3.34. The molecule has 1 heterocycles. The number of nitrogens with zero attached hydrogens (tertiary/aromatic N) is 1. The Morgan fingerprint density at radius 1 is 1.44 bits per heavy atom. The van der Waals surface area contributed by atoms with Crippen LogP contribution in [-0.2, 0) is 0 Å². The summed E-state index contributed by atoms with van der Waals surface area (Å²) in [6.45, 7) is 3.82. The highest BCUT2D eigenvalue weighted by atomic mass is 35.5. The van der Waals surface area contributed by atoms with Gasteiger partial charge in [0.15, 0.2) is 0 Å². The van der Waals surface area contributed by atoms with Gasteiger partial charge in [0.25, 0.3) is 0 Å². The first kappa shape index (κ1) is 14.7. The van der Waals surface area contributed by atoms with Crippen LogP contribution < -0.4 is 5.32 Å². The number of carbonyl (C=O) groups is 1. The molecule has 0 fully saturated rings. The number of aliphatic hydroxyl groups excluding tert-OH is 1. The van der Waals surface area contributed by atoms with Gasteiger partial charge in [0.1, 0.15) is 11.0 Å². The number of nitrogens with one attached hydrogen (secondary N) is 1. The fourth-order valence-electron chi connectivity index (χ4n) is 1.65. The number of aromatic nitrogens is 1. The summed E-state index contributed by atoms with van der Waals surface area (Å²) >= 11 is 5.78. The topological polar surface area (TPSA) is 82.5 Å². The normalized spacial score (nSPS) is 11.3. The summed E-state index contributed by atoms with van der Waals surface area (Å²) in [5.74, 6) is -0.706. The summed E-state index contributed by atoms with van der Waals surface area (Å²) in [6.07, 6.45) is 1.38. The fraction of sp³-hybridized carbons (Fsp3) is 0.500. The summed E-state index contributed by atoms with van der Waals surface area (Å²) in [7, 11) is 0. The van der Waals surface area contributed by atoms with Gasteiger partial charge in [-0.3, -0.25) is 0 Å². The molecule has 0 aromatic carbocycles. The molecule has 0 bridgehead atoms. The summed E-state index contributed by atoms with van der Waals surface area (Å²) in [6, 6.07) is 2.69. The van der Waals surface area contributed by atoms with Crippen LogP contribution in [0.2, 0.25) is 5.15 Å². The van der Waals surface area contributed by atoms with Gasteiger partial charge in [-0.25, -0.2) is 9.78 Å². The smallest absolute Gasteiger partial charge is 0.335 e. The Morgan fingerprint density at radius 2 is 2.06 bits per heavy atom. The minimum atomic E-state index is -1.06. The SMILES string of the molecule is CCC(CC)(CO)Nc1cc(C(=O)O)cc(Cl)n1. The van der Waals surface area contributed by atoms with Crippen LogP contribution in [-0.4, -0.2) is 33.3 Å². The van der Waals surface area contributed by atoms with E-state index < -0.39 is 11.5 Å².